The molecule has 0 unspecified atom stereocenters. The van der Waals surface area contributed by atoms with E-state index in [4.69, 9.17) is 28.2 Å². The second-order valence-electron chi connectivity index (χ2n) is 5.04. The van der Waals surface area contributed by atoms with Crippen LogP contribution in [0.25, 0.3) is 0 Å². The van der Waals surface area contributed by atoms with E-state index in [1.54, 1.807) is 35.9 Å². The average molecular weight is 365 g/mol. The minimum absolute atomic E-state index is 0.492. The van der Waals surface area contributed by atoms with Crippen LogP contribution >= 0.6 is 34.5 Å². The summed E-state index contributed by atoms with van der Waals surface area (Å²) in [5.74, 6) is 0. The summed E-state index contributed by atoms with van der Waals surface area (Å²) in [6.45, 7) is 3.36. The molecule has 0 saturated carbocycles. The topological polar surface area (TPSA) is 43.1 Å². The molecular weight excluding hydrogens is 351 g/mol. The smallest absolute Gasteiger partial charge is 0.185 e. The van der Waals surface area contributed by atoms with Gasteiger partial charge in [-0.25, -0.2) is 9.97 Å². The number of rotatable bonds is 4. The maximum absolute atomic E-state index is 5.84. The monoisotopic (exact) mass is 364 g/mol. The van der Waals surface area contributed by atoms with Crippen molar-refractivity contribution in [3.8, 4) is 0 Å². The fourth-order valence-electron chi connectivity index (χ4n) is 2.07. The van der Waals surface area contributed by atoms with Crippen LogP contribution in [0.15, 0.2) is 47.0 Å². The van der Waals surface area contributed by atoms with E-state index in [-0.39, 0.29) is 0 Å². The summed E-state index contributed by atoms with van der Waals surface area (Å²) in [6, 6.07) is 7.49. The first kappa shape index (κ1) is 16.2. The number of aryl methyl sites for hydroxylation is 1. The molecule has 7 heteroatoms. The van der Waals surface area contributed by atoms with Gasteiger partial charge in [0.05, 0.1) is 13.1 Å². The molecule has 0 fully saturated rings. The van der Waals surface area contributed by atoms with Gasteiger partial charge in [0.2, 0.25) is 0 Å². The molecule has 118 valence electrons. The lowest BCUT2D eigenvalue weighted by Crippen LogP contribution is -2.17. The zero-order valence-corrected chi connectivity index (χ0v) is 14.7. The van der Waals surface area contributed by atoms with Crippen molar-refractivity contribution in [2.45, 2.75) is 20.0 Å². The molecule has 0 radical (unpaired) electrons. The van der Waals surface area contributed by atoms with Crippen LogP contribution < -0.4 is 4.80 Å². The highest BCUT2D eigenvalue weighted by molar-refractivity contribution is 7.07. The van der Waals surface area contributed by atoms with Crippen molar-refractivity contribution in [3.05, 3.63) is 74.0 Å². The quantitative estimate of drug-likeness (QED) is 0.653. The summed E-state index contributed by atoms with van der Waals surface area (Å²) in [7, 11) is 0. The molecule has 0 aromatic carbocycles. The number of hydrogen-bond donors (Lipinski definition) is 0. The molecule has 0 N–H and O–H groups in total. The van der Waals surface area contributed by atoms with Crippen molar-refractivity contribution in [2.24, 2.45) is 4.99 Å². The average Bonchev–Trinajstić information content (AvgIpc) is 2.89. The lowest BCUT2D eigenvalue weighted by Gasteiger charge is -2.06. The second-order valence-corrected chi connectivity index (χ2v) is 6.65. The Balaban J connectivity index is 1.84. The molecule has 0 atom stereocenters. The summed E-state index contributed by atoms with van der Waals surface area (Å²) < 4.78 is 2.17. The molecule has 23 heavy (non-hydrogen) atoms. The van der Waals surface area contributed by atoms with Crippen molar-refractivity contribution >= 4 is 34.5 Å². The molecule has 3 aromatic rings. The third-order valence-electron chi connectivity index (χ3n) is 3.31. The molecule has 0 bridgehead atoms. The number of halogens is 2. The van der Waals surface area contributed by atoms with Crippen molar-refractivity contribution < 1.29 is 0 Å². The van der Waals surface area contributed by atoms with E-state index >= 15 is 0 Å². The van der Waals surface area contributed by atoms with Crippen molar-refractivity contribution in [1.29, 1.82) is 0 Å². The van der Waals surface area contributed by atoms with Gasteiger partial charge in [-0.3, -0.25) is 4.99 Å². The highest BCUT2D eigenvalue weighted by Crippen LogP contribution is 2.10. The van der Waals surface area contributed by atoms with Crippen LogP contribution in [0.1, 0.15) is 16.8 Å². The zero-order valence-electron chi connectivity index (χ0n) is 12.4. The lowest BCUT2D eigenvalue weighted by molar-refractivity contribution is 0.726. The van der Waals surface area contributed by atoms with E-state index in [2.05, 4.69) is 26.8 Å². The summed E-state index contributed by atoms with van der Waals surface area (Å²) in [5.41, 5.74) is 3.28. The van der Waals surface area contributed by atoms with E-state index in [9.17, 15) is 0 Å². The molecule has 0 aliphatic rings. The predicted molar refractivity (Wildman–Crippen MR) is 93.9 cm³/mol. The van der Waals surface area contributed by atoms with Crippen LogP contribution in [-0.4, -0.2) is 14.5 Å². The molecule has 3 heterocycles. The van der Waals surface area contributed by atoms with E-state index in [1.807, 2.05) is 12.1 Å². The van der Waals surface area contributed by atoms with E-state index < -0.39 is 0 Å². The fraction of sp³-hybridized carbons (Fsp3) is 0.188. The minimum Gasteiger partial charge on any atom is -0.317 e. The van der Waals surface area contributed by atoms with Gasteiger partial charge in [-0.2, -0.15) is 0 Å². The molecular formula is C16H14Cl2N4S. The number of thiazole rings is 1. The summed E-state index contributed by atoms with van der Waals surface area (Å²) in [5, 5.41) is 3.09. The Bertz CT molecular complexity index is 851. The van der Waals surface area contributed by atoms with Crippen molar-refractivity contribution in [3.63, 3.8) is 0 Å². The van der Waals surface area contributed by atoms with Gasteiger partial charge in [-0.05, 0) is 30.2 Å². The van der Waals surface area contributed by atoms with Crippen molar-refractivity contribution in [2.75, 3.05) is 0 Å². The second kappa shape index (κ2) is 7.25. The number of nitrogens with zero attached hydrogens (tertiary/aromatic N) is 4. The maximum atomic E-state index is 5.84. The van der Waals surface area contributed by atoms with Crippen LogP contribution in [0.3, 0.4) is 0 Å². The number of pyridine rings is 2. The standard InChI is InChI=1S/C16H14Cl2N4S/c1-11-10-23-16(21-7-12-2-4-14(17)19-6-12)22(11)9-13-3-5-15(18)20-8-13/h2-6,8,10H,7,9H2,1H3/b21-16-. The van der Waals surface area contributed by atoms with Crippen LogP contribution in [0.5, 0.6) is 0 Å². The number of hydrogen-bond acceptors (Lipinski definition) is 4. The lowest BCUT2D eigenvalue weighted by atomic mass is 10.3. The molecule has 3 rings (SSSR count). The zero-order chi connectivity index (χ0) is 16.2. The van der Waals surface area contributed by atoms with Gasteiger partial charge in [-0.15, -0.1) is 11.3 Å². The van der Waals surface area contributed by atoms with Gasteiger partial charge in [-0.1, -0.05) is 35.3 Å². The van der Waals surface area contributed by atoms with E-state index in [0.29, 0.717) is 16.9 Å². The number of aromatic nitrogens is 3. The highest BCUT2D eigenvalue weighted by atomic mass is 35.5. The summed E-state index contributed by atoms with van der Waals surface area (Å²) in [4.78, 5) is 13.9. The first-order chi connectivity index (χ1) is 11.1. The molecule has 3 aromatic heterocycles. The highest BCUT2D eigenvalue weighted by Gasteiger charge is 2.03. The van der Waals surface area contributed by atoms with Gasteiger partial charge in [0.1, 0.15) is 10.3 Å². The Morgan fingerprint density at radius 3 is 2.30 bits per heavy atom. The predicted octanol–water partition coefficient (Wildman–Crippen LogP) is 4.10. The van der Waals surface area contributed by atoms with Gasteiger partial charge in [0.15, 0.2) is 4.80 Å². The first-order valence-corrected chi connectivity index (χ1v) is 8.61. The molecule has 0 aliphatic heterocycles. The van der Waals surface area contributed by atoms with E-state index in [1.165, 1.54) is 0 Å². The molecule has 0 spiro atoms. The Kier molecular flexibility index (Phi) is 5.10. The SMILES string of the molecule is Cc1cs/c(=N\Cc2ccc(Cl)nc2)n1Cc1ccc(Cl)nc1. The molecule has 4 nitrogen and oxygen atoms in total. The van der Waals surface area contributed by atoms with Gasteiger partial charge in [0.25, 0.3) is 0 Å². The van der Waals surface area contributed by atoms with Gasteiger partial charge < -0.3 is 4.57 Å². The Hall–Kier alpha value is -1.69. The molecule has 0 aliphatic carbocycles. The van der Waals surface area contributed by atoms with Crippen LogP contribution in [0.4, 0.5) is 0 Å². The summed E-state index contributed by atoms with van der Waals surface area (Å²) >= 11 is 13.3. The van der Waals surface area contributed by atoms with Crippen LogP contribution in [-0.2, 0) is 13.1 Å². The Morgan fingerprint density at radius 2 is 1.70 bits per heavy atom. The van der Waals surface area contributed by atoms with E-state index in [0.717, 1.165) is 28.2 Å². The van der Waals surface area contributed by atoms with Gasteiger partial charge in [0, 0.05) is 23.5 Å². The first-order valence-electron chi connectivity index (χ1n) is 6.98. The summed E-state index contributed by atoms with van der Waals surface area (Å²) in [6.07, 6.45) is 3.54. The maximum Gasteiger partial charge on any atom is 0.185 e. The Labute approximate surface area is 148 Å². The third kappa shape index (κ3) is 4.19. The molecule has 0 amide bonds. The van der Waals surface area contributed by atoms with Crippen LogP contribution in [0.2, 0.25) is 10.3 Å². The Morgan fingerprint density at radius 1 is 1.04 bits per heavy atom. The van der Waals surface area contributed by atoms with Gasteiger partial charge >= 0.3 is 0 Å². The van der Waals surface area contributed by atoms with Crippen molar-refractivity contribution in [1.82, 2.24) is 14.5 Å². The van der Waals surface area contributed by atoms with Crippen LogP contribution in [0, 0.1) is 6.92 Å². The fourth-order valence-corrected chi connectivity index (χ4v) is 3.17. The minimum atomic E-state index is 0.492. The normalized spacial score (nSPS) is 11.9. The largest absolute Gasteiger partial charge is 0.317 e. The molecule has 0 saturated heterocycles. The third-order valence-corrected chi connectivity index (χ3v) is 4.77.